The number of carbonyl (C=O) groups is 2. The van der Waals surface area contributed by atoms with Crippen molar-refractivity contribution in [2.24, 2.45) is 0 Å². The number of halogens is 2. The summed E-state index contributed by atoms with van der Waals surface area (Å²) in [5.41, 5.74) is 1.46. The quantitative estimate of drug-likeness (QED) is 0.859. The predicted molar refractivity (Wildman–Crippen MR) is 95.7 cm³/mol. The summed E-state index contributed by atoms with van der Waals surface area (Å²) >= 11 is 13.3. The topological polar surface area (TPSA) is 62.3 Å². The summed E-state index contributed by atoms with van der Waals surface area (Å²) in [7, 11) is 0. The lowest BCUT2D eigenvalue weighted by Gasteiger charge is -2.10. The summed E-state index contributed by atoms with van der Waals surface area (Å²) in [6, 6.07) is 5.16. The van der Waals surface area contributed by atoms with Crippen molar-refractivity contribution in [3.8, 4) is 0 Å². The highest BCUT2D eigenvalue weighted by Crippen LogP contribution is 2.25. The second kappa shape index (κ2) is 7.51. The van der Waals surface area contributed by atoms with Crippen LogP contribution < -0.4 is 10.2 Å². The Labute approximate surface area is 153 Å². The maximum absolute atomic E-state index is 12.1. The number of nitrogens with one attached hydrogen (secondary N) is 1. The third kappa shape index (κ3) is 4.06. The Morgan fingerprint density at radius 2 is 2.21 bits per heavy atom. The van der Waals surface area contributed by atoms with Gasteiger partial charge in [-0.2, -0.15) is 0 Å². The van der Waals surface area contributed by atoms with Crippen molar-refractivity contribution < 1.29 is 9.59 Å². The van der Waals surface area contributed by atoms with E-state index < -0.39 is 0 Å². The van der Waals surface area contributed by atoms with Crippen molar-refractivity contribution in [1.29, 1.82) is 0 Å². The van der Waals surface area contributed by atoms with Crippen LogP contribution in [0.4, 0.5) is 5.13 Å². The Bertz CT molecular complexity index is 778. The van der Waals surface area contributed by atoms with E-state index in [0.717, 1.165) is 12.0 Å². The van der Waals surface area contributed by atoms with Gasteiger partial charge in [0, 0.05) is 34.9 Å². The smallest absolute Gasteiger partial charge is 0.228 e. The zero-order valence-corrected chi connectivity index (χ0v) is 15.0. The van der Waals surface area contributed by atoms with Gasteiger partial charge in [0.25, 0.3) is 0 Å². The summed E-state index contributed by atoms with van der Waals surface area (Å²) in [4.78, 5) is 29.8. The third-order valence-corrected chi connectivity index (χ3v) is 5.18. The number of hydrogen-bond donors (Lipinski definition) is 1. The second-order valence-electron chi connectivity index (χ2n) is 5.46. The third-order valence-electron chi connectivity index (χ3n) is 3.68. The number of benzene rings is 1. The molecule has 0 atom stereocenters. The molecular weight excluding hydrogens is 369 g/mol. The monoisotopic (exact) mass is 383 g/mol. The molecule has 0 unspecified atom stereocenters. The Morgan fingerprint density at radius 3 is 2.92 bits per heavy atom. The fourth-order valence-corrected chi connectivity index (χ4v) is 3.78. The fourth-order valence-electron chi connectivity index (χ4n) is 2.44. The number of hydrogen-bond acceptors (Lipinski definition) is 4. The maximum atomic E-state index is 12.1. The highest BCUT2D eigenvalue weighted by Gasteiger charge is 2.24. The van der Waals surface area contributed by atoms with Crippen LogP contribution in [0.3, 0.4) is 0 Å². The van der Waals surface area contributed by atoms with Crippen LogP contribution in [0.5, 0.6) is 0 Å². The Hall–Kier alpha value is -1.63. The van der Waals surface area contributed by atoms with Gasteiger partial charge in [-0.05, 0) is 24.1 Å². The molecule has 126 valence electrons. The van der Waals surface area contributed by atoms with E-state index in [2.05, 4.69) is 10.3 Å². The SMILES string of the molecule is O=C(Cc1csc(N2CCCC2=O)n1)NCc1ccc(Cl)cc1Cl. The predicted octanol–water partition coefficient (Wildman–Crippen LogP) is 3.44. The Morgan fingerprint density at radius 1 is 1.38 bits per heavy atom. The van der Waals surface area contributed by atoms with Crippen LogP contribution in [0.2, 0.25) is 10.0 Å². The first kappa shape index (κ1) is 17.2. The zero-order chi connectivity index (χ0) is 17.1. The van der Waals surface area contributed by atoms with E-state index in [1.54, 1.807) is 23.1 Å². The van der Waals surface area contributed by atoms with Gasteiger partial charge in [0.05, 0.1) is 12.1 Å². The highest BCUT2D eigenvalue weighted by atomic mass is 35.5. The molecule has 0 saturated carbocycles. The first-order valence-corrected chi connectivity index (χ1v) is 9.12. The summed E-state index contributed by atoms with van der Waals surface area (Å²) in [6.45, 7) is 1.03. The molecule has 5 nitrogen and oxygen atoms in total. The van der Waals surface area contributed by atoms with Crippen molar-refractivity contribution in [1.82, 2.24) is 10.3 Å². The molecule has 8 heteroatoms. The molecule has 0 aliphatic carbocycles. The molecule has 0 bridgehead atoms. The number of carbonyl (C=O) groups excluding carboxylic acids is 2. The van der Waals surface area contributed by atoms with E-state index in [9.17, 15) is 9.59 Å². The van der Waals surface area contributed by atoms with Gasteiger partial charge in [0.1, 0.15) is 0 Å². The number of nitrogens with zero attached hydrogens (tertiary/aromatic N) is 2. The molecule has 0 spiro atoms. The van der Waals surface area contributed by atoms with Crippen LogP contribution >= 0.6 is 34.5 Å². The van der Waals surface area contributed by atoms with Crippen LogP contribution in [0.25, 0.3) is 0 Å². The number of rotatable bonds is 5. The minimum Gasteiger partial charge on any atom is -0.352 e. The summed E-state index contributed by atoms with van der Waals surface area (Å²) in [5.74, 6) is -0.0525. The Balaban J connectivity index is 1.55. The van der Waals surface area contributed by atoms with Crippen molar-refractivity contribution in [3.63, 3.8) is 0 Å². The minimum atomic E-state index is -0.148. The van der Waals surface area contributed by atoms with Gasteiger partial charge in [-0.15, -0.1) is 11.3 Å². The standard InChI is InChI=1S/C16H15Cl2N3O2S/c17-11-4-3-10(13(18)6-11)8-19-14(22)7-12-9-24-16(20-12)21-5-1-2-15(21)23/h3-4,6,9H,1-2,5,7-8H2,(H,19,22). The van der Waals surface area contributed by atoms with E-state index in [1.165, 1.54) is 11.3 Å². The average Bonchev–Trinajstić information content (AvgIpc) is 3.15. The van der Waals surface area contributed by atoms with E-state index in [-0.39, 0.29) is 18.2 Å². The summed E-state index contributed by atoms with van der Waals surface area (Å²) in [5, 5.41) is 6.37. The van der Waals surface area contributed by atoms with Gasteiger partial charge in [-0.3, -0.25) is 14.5 Å². The van der Waals surface area contributed by atoms with Gasteiger partial charge in [0.15, 0.2) is 5.13 Å². The first-order valence-electron chi connectivity index (χ1n) is 7.48. The van der Waals surface area contributed by atoms with Gasteiger partial charge in [-0.25, -0.2) is 4.98 Å². The average molecular weight is 384 g/mol. The minimum absolute atomic E-state index is 0.0951. The van der Waals surface area contributed by atoms with E-state index in [0.29, 0.717) is 40.4 Å². The van der Waals surface area contributed by atoms with Crippen LogP contribution in [0.15, 0.2) is 23.6 Å². The maximum Gasteiger partial charge on any atom is 0.228 e. The van der Waals surface area contributed by atoms with Crippen molar-refractivity contribution in [2.45, 2.75) is 25.8 Å². The highest BCUT2D eigenvalue weighted by molar-refractivity contribution is 7.14. The van der Waals surface area contributed by atoms with Gasteiger partial charge >= 0.3 is 0 Å². The number of anilines is 1. The Kier molecular flexibility index (Phi) is 5.38. The second-order valence-corrected chi connectivity index (χ2v) is 7.14. The number of thiazole rings is 1. The molecule has 1 aliphatic rings. The van der Waals surface area contributed by atoms with Gasteiger partial charge < -0.3 is 5.32 Å². The first-order chi connectivity index (χ1) is 11.5. The lowest BCUT2D eigenvalue weighted by atomic mass is 10.2. The molecule has 1 saturated heterocycles. The normalized spacial score (nSPS) is 14.2. The van der Waals surface area contributed by atoms with Crippen molar-refractivity contribution in [3.05, 3.63) is 44.9 Å². The van der Waals surface area contributed by atoms with Crippen LogP contribution in [0.1, 0.15) is 24.1 Å². The molecule has 3 rings (SSSR count). The zero-order valence-electron chi connectivity index (χ0n) is 12.7. The molecule has 1 fully saturated rings. The molecule has 24 heavy (non-hydrogen) atoms. The van der Waals surface area contributed by atoms with Crippen LogP contribution in [-0.4, -0.2) is 23.3 Å². The van der Waals surface area contributed by atoms with Crippen LogP contribution in [-0.2, 0) is 22.6 Å². The van der Waals surface area contributed by atoms with Gasteiger partial charge in [-0.1, -0.05) is 29.3 Å². The molecule has 0 radical (unpaired) electrons. The number of amides is 2. The summed E-state index contributed by atoms with van der Waals surface area (Å²) in [6.07, 6.45) is 1.59. The van der Waals surface area contributed by atoms with Crippen molar-refractivity contribution in [2.75, 3.05) is 11.4 Å². The fraction of sp³-hybridized carbons (Fsp3) is 0.312. The molecule has 2 aromatic rings. The molecule has 1 aliphatic heterocycles. The van der Waals surface area contributed by atoms with E-state index in [4.69, 9.17) is 23.2 Å². The number of aromatic nitrogens is 1. The van der Waals surface area contributed by atoms with E-state index >= 15 is 0 Å². The van der Waals surface area contributed by atoms with Crippen LogP contribution in [0, 0.1) is 0 Å². The van der Waals surface area contributed by atoms with Gasteiger partial charge in [0.2, 0.25) is 11.8 Å². The molecule has 1 N–H and O–H groups in total. The molecular formula is C16H15Cl2N3O2S. The lowest BCUT2D eigenvalue weighted by molar-refractivity contribution is -0.120. The largest absolute Gasteiger partial charge is 0.352 e. The van der Waals surface area contributed by atoms with Crippen molar-refractivity contribution >= 4 is 51.5 Å². The lowest BCUT2D eigenvalue weighted by Crippen LogP contribution is -2.25. The molecule has 1 aromatic carbocycles. The summed E-state index contributed by atoms with van der Waals surface area (Å²) < 4.78 is 0. The molecule has 1 aromatic heterocycles. The molecule has 2 heterocycles. The molecule has 2 amide bonds. The van der Waals surface area contributed by atoms with E-state index in [1.807, 2.05) is 5.38 Å².